The largest absolute Gasteiger partial charge is 0.330 e. The zero-order valence-corrected chi connectivity index (χ0v) is 12.7. The number of likely N-dealkylation sites (tertiary alicyclic amines) is 1. The number of hydrogen-bond donors (Lipinski definition) is 1. The van der Waals surface area contributed by atoms with E-state index in [-0.39, 0.29) is 0 Å². The Morgan fingerprint density at radius 1 is 1.30 bits per heavy atom. The fourth-order valence-electron chi connectivity index (χ4n) is 3.24. The lowest BCUT2D eigenvalue weighted by Gasteiger charge is -2.29. The van der Waals surface area contributed by atoms with Gasteiger partial charge in [-0.25, -0.2) is 4.98 Å². The Bertz CT molecular complexity index is 404. The molecule has 1 unspecified atom stereocenters. The van der Waals surface area contributed by atoms with Gasteiger partial charge in [-0.05, 0) is 51.2 Å². The molecule has 0 aromatic carbocycles. The summed E-state index contributed by atoms with van der Waals surface area (Å²) in [5.41, 5.74) is 1.35. The summed E-state index contributed by atoms with van der Waals surface area (Å²) in [5.74, 6) is 0.727. The zero-order chi connectivity index (χ0) is 13.8. The van der Waals surface area contributed by atoms with Gasteiger partial charge in [0.1, 0.15) is 0 Å². The van der Waals surface area contributed by atoms with E-state index in [0.717, 1.165) is 25.0 Å². The first-order valence-corrected chi connectivity index (χ1v) is 8.26. The summed E-state index contributed by atoms with van der Waals surface area (Å²) >= 11 is 0. The van der Waals surface area contributed by atoms with Crippen LogP contribution in [-0.2, 0) is 6.54 Å². The summed E-state index contributed by atoms with van der Waals surface area (Å²) in [6, 6.07) is 0.736. The van der Waals surface area contributed by atoms with E-state index in [4.69, 9.17) is 0 Å². The molecule has 0 radical (unpaired) electrons. The van der Waals surface area contributed by atoms with Crippen molar-refractivity contribution in [2.24, 2.45) is 5.92 Å². The van der Waals surface area contributed by atoms with Gasteiger partial charge in [-0.2, -0.15) is 0 Å². The van der Waals surface area contributed by atoms with Crippen LogP contribution in [0, 0.1) is 5.92 Å². The maximum atomic E-state index is 4.29. The molecule has 1 saturated carbocycles. The third-order valence-electron chi connectivity index (χ3n) is 4.50. The normalized spacial score (nSPS) is 22.1. The molecule has 0 spiro atoms. The van der Waals surface area contributed by atoms with Crippen molar-refractivity contribution in [3.63, 3.8) is 0 Å². The molecule has 2 fully saturated rings. The Hall–Kier alpha value is -0.870. The van der Waals surface area contributed by atoms with Crippen molar-refractivity contribution in [1.82, 2.24) is 19.8 Å². The van der Waals surface area contributed by atoms with Crippen LogP contribution in [0.5, 0.6) is 0 Å². The predicted molar refractivity (Wildman–Crippen MR) is 81.7 cm³/mol. The summed E-state index contributed by atoms with van der Waals surface area (Å²) < 4.78 is 2.35. The molecule has 112 valence electrons. The van der Waals surface area contributed by atoms with Crippen LogP contribution in [0.4, 0.5) is 0 Å². The van der Waals surface area contributed by atoms with Gasteiger partial charge in [0.05, 0.1) is 12.0 Å². The number of piperidine rings is 1. The second kappa shape index (κ2) is 6.72. The number of nitrogens with zero attached hydrogens (tertiary/aromatic N) is 3. The molecular weight excluding hydrogens is 248 g/mol. The molecule has 0 amide bonds. The highest BCUT2D eigenvalue weighted by molar-refractivity contribution is 5.03. The van der Waals surface area contributed by atoms with Crippen LogP contribution in [0.3, 0.4) is 0 Å². The summed E-state index contributed by atoms with van der Waals surface area (Å²) in [5, 5.41) is 3.61. The Morgan fingerprint density at radius 3 is 2.85 bits per heavy atom. The van der Waals surface area contributed by atoms with Crippen molar-refractivity contribution in [1.29, 1.82) is 0 Å². The molecule has 1 saturated heterocycles. The van der Waals surface area contributed by atoms with Crippen LogP contribution in [0.15, 0.2) is 12.5 Å². The van der Waals surface area contributed by atoms with Crippen LogP contribution in [-0.4, -0.2) is 40.6 Å². The van der Waals surface area contributed by atoms with Gasteiger partial charge in [-0.1, -0.05) is 13.3 Å². The van der Waals surface area contributed by atoms with Crippen LogP contribution in [0.1, 0.15) is 50.8 Å². The third-order valence-corrected chi connectivity index (χ3v) is 4.50. The van der Waals surface area contributed by atoms with Crippen LogP contribution in [0.2, 0.25) is 0 Å². The first kappa shape index (κ1) is 14.1. The minimum atomic E-state index is 0.727. The fraction of sp³-hybridized carbons (Fsp3) is 0.812. The van der Waals surface area contributed by atoms with Crippen molar-refractivity contribution in [3.05, 3.63) is 18.2 Å². The van der Waals surface area contributed by atoms with Gasteiger partial charge < -0.3 is 14.8 Å². The molecule has 2 heterocycles. The van der Waals surface area contributed by atoms with E-state index in [2.05, 4.69) is 26.7 Å². The lowest BCUT2D eigenvalue weighted by atomic mass is 10.1. The quantitative estimate of drug-likeness (QED) is 0.830. The zero-order valence-electron chi connectivity index (χ0n) is 12.7. The maximum absolute atomic E-state index is 4.29. The summed E-state index contributed by atoms with van der Waals surface area (Å²) in [7, 11) is 0. The van der Waals surface area contributed by atoms with Crippen molar-refractivity contribution in [3.8, 4) is 0 Å². The van der Waals surface area contributed by atoms with E-state index in [1.54, 1.807) is 0 Å². The molecule has 20 heavy (non-hydrogen) atoms. The summed E-state index contributed by atoms with van der Waals surface area (Å²) in [4.78, 5) is 6.92. The van der Waals surface area contributed by atoms with Gasteiger partial charge in [0.2, 0.25) is 0 Å². The highest BCUT2D eigenvalue weighted by Crippen LogP contribution is 2.35. The highest BCUT2D eigenvalue weighted by atomic mass is 15.1. The Morgan fingerprint density at radius 2 is 2.10 bits per heavy atom. The lowest BCUT2D eigenvalue weighted by Crippen LogP contribution is -2.36. The van der Waals surface area contributed by atoms with E-state index in [0.29, 0.717) is 0 Å². The van der Waals surface area contributed by atoms with Gasteiger partial charge in [-0.3, -0.25) is 0 Å². The average molecular weight is 276 g/mol. The number of imidazole rings is 1. The Labute approximate surface area is 122 Å². The second-order valence-electron chi connectivity index (χ2n) is 6.62. The predicted octanol–water partition coefficient (Wildman–Crippen LogP) is 2.43. The third kappa shape index (κ3) is 3.83. The lowest BCUT2D eigenvalue weighted by molar-refractivity contribution is 0.199. The second-order valence-corrected chi connectivity index (χ2v) is 6.62. The smallest absolute Gasteiger partial charge is 0.0951 e. The minimum absolute atomic E-state index is 0.727. The maximum Gasteiger partial charge on any atom is 0.0951 e. The molecule has 1 N–H and O–H groups in total. The fourth-order valence-corrected chi connectivity index (χ4v) is 3.24. The first-order chi connectivity index (χ1) is 9.83. The standard InChI is InChI=1S/C16H28N4/c1-14(12-19-7-3-2-4-8-19)9-17-10-16-11-18-13-20(16)15-5-6-15/h11,13-15,17H,2-10,12H2,1H3. The Kier molecular flexibility index (Phi) is 4.73. The van der Waals surface area contributed by atoms with E-state index in [1.165, 1.54) is 57.4 Å². The van der Waals surface area contributed by atoms with E-state index < -0.39 is 0 Å². The summed E-state index contributed by atoms with van der Waals surface area (Å²) in [6.07, 6.45) is 10.9. The van der Waals surface area contributed by atoms with Crippen molar-refractivity contribution < 1.29 is 0 Å². The van der Waals surface area contributed by atoms with Crippen LogP contribution in [0.25, 0.3) is 0 Å². The monoisotopic (exact) mass is 276 g/mol. The topological polar surface area (TPSA) is 33.1 Å². The van der Waals surface area contributed by atoms with E-state index in [9.17, 15) is 0 Å². The molecule has 1 atom stereocenters. The number of hydrogen-bond acceptors (Lipinski definition) is 3. The van der Waals surface area contributed by atoms with Crippen LogP contribution >= 0.6 is 0 Å². The molecule has 1 aromatic heterocycles. The molecule has 3 rings (SSSR count). The first-order valence-electron chi connectivity index (χ1n) is 8.26. The van der Waals surface area contributed by atoms with Crippen LogP contribution < -0.4 is 5.32 Å². The molecule has 4 heteroatoms. The minimum Gasteiger partial charge on any atom is -0.330 e. The molecule has 4 nitrogen and oxygen atoms in total. The molecule has 0 bridgehead atoms. The van der Waals surface area contributed by atoms with Crippen molar-refractivity contribution >= 4 is 0 Å². The van der Waals surface area contributed by atoms with Crippen molar-refractivity contribution in [2.45, 2.75) is 51.6 Å². The number of aromatic nitrogens is 2. The molecule has 1 aromatic rings. The SMILES string of the molecule is CC(CNCc1cncn1C1CC1)CN1CCCCC1. The van der Waals surface area contributed by atoms with E-state index >= 15 is 0 Å². The molecule has 2 aliphatic rings. The molecule has 1 aliphatic heterocycles. The van der Waals surface area contributed by atoms with Gasteiger partial charge >= 0.3 is 0 Å². The van der Waals surface area contributed by atoms with Gasteiger partial charge in [0.15, 0.2) is 0 Å². The van der Waals surface area contributed by atoms with Crippen molar-refractivity contribution in [2.75, 3.05) is 26.2 Å². The van der Waals surface area contributed by atoms with Gasteiger partial charge in [-0.15, -0.1) is 0 Å². The Balaban J connectivity index is 1.37. The average Bonchev–Trinajstić information content (AvgIpc) is 3.20. The number of nitrogens with one attached hydrogen (secondary N) is 1. The number of rotatable bonds is 7. The molecule has 1 aliphatic carbocycles. The van der Waals surface area contributed by atoms with E-state index in [1.807, 2.05) is 12.5 Å². The molecular formula is C16H28N4. The highest BCUT2D eigenvalue weighted by Gasteiger charge is 2.25. The van der Waals surface area contributed by atoms with Gasteiger partial charge in [0, 0.05) is 25.3 Å². The van der Waals surface area contributed by atoms with Gasteiger partial charge in [0.25, 0.3) is 0 Å². The summed E-state index contributed by atoms with van der Waals surface area (Å²) in [6.45, 7) is 8.28.